The fourth-order valence-electron chi connectivity index (χ4n) is 18.8. The first-order chi connectivity index (χ1) is 29.3. The van der Waals surface area contributed by atoms with E-state index >= 15 is 0 Å². The lowest BCUT2D eigenvalue weighted by Crippen LogP contribution is -2.81. The summed E-state index contributed by atoms with van der Waals surface area (Å²) in [5.41, 5.74) is 17.1. The third kappa shape index (κ3) is 3.38. The standard InChI is InChI=1S/C55H52BN3/c1-5-19-36-32(15-1)33-16-2-6-20-37(33)54(36)40-23-12-24-41-49(40)56-50-42(54)25-13-29-47(50)59-52-48-31(14-11-28-46(48)58-45-27-10-9-26-44(45)57-53(58)59)30-43(51(52)56)55(41)38-21-7-3-17-34(38)35-18-4-8-22-39(35)55/h1-8,12,15-24,31,42-48,50-52H,9-11,13-14,25-30H2. The van der Waals surface area contributed by atoms with Crippen molar-refractivity contribution >= 4 is 18.1 Å². The van der Waals surface area contributed by atoms with Gasteiger partial charge in [-0.15, -0.1) is 0 Å². The van der Waals surface area contributed by atoms with Gasteiger partial charge in [0.15, 0.2) is 12.7 Å². The molecule has 5 aromatic carbocycles. The van der Waals surface area contributed by atoms with Gasteiger partial charge in [0, 0.05) is 34.9 Å². The zero-order chi connectivity index (χ0) is 37.9. The number of rotatable bonds is 0. The third-order valence-electron chi connectivity index (χ3n) is 19.8. The predicted octanol–water partition coefficient (Wildman–Crippen LogP) is 10.4. The molecule has 11 atom stereocenters. The molecule has 0 N–H and O–H groups in total. The molecule has 2 spiro atoms. The van der Waals surface area contributed by atoms with E-state index in [1.807, 2.05) is 0 Å². The molecule has 4 saturated carbocycles. The van der Waals surface area contributed by atoms with Crippen molar-refractivity contribution in [3.8, 4) is 22.3 Å². The van der Waals surface area contributed by atoms with Crippen molar-refractivity contribution in [3.63, 3.8) is 0 Å². The molecule has 11 aliphatic rings. The molecule has 2 saturated heterocycles. The summed E-state index contributed by atoms with van der Waals surface area (Å²) in [6.45, 7) is 0.582. The molecule has 4 heteroatoms. The molecule has 0 amide bonds. The summed E-state index contributed by atoms with van der Waals surface area (Å²) >= 11 is 0. The van der Waals surface area contributed by atoms with E-state index in [-0.39, 0.29) is 10.8 Å². The molecule has 6 fully saturated rings. The Bertz CT molecular complexity index is 2620. The summed E-state index contributed by atoms with van der Waals surface area (Å²) in [7, 11) is 0. The third-order valence-corrected chi connectivity index (χ3v) is 19.8. The highest BCUT2D eigenvalue weighted by atomic mass is 15.5. The van der Waals surface area contributed by atoms with Crippen molar-refractivity contribution in [3.05, 3.63) is 149 Å². The van der Waals surface area contributed by atoms with Crippen molar-refractivity contribution in [2.24, 2.45) is 28.7 Å². The monoisotopic (exact) mass is 765 g/mol. The van der Waals surface area contributed by atoms with Crippen LogP contribution in [0.5, 0.6) is 0 Å². The second kappa shape index (κ2) is 10.8. The van der Waals surface area contributed by atoms with Crippen LogP contribution >= 0.6 is 0 Å². The van der Waals surface area contributed by atoms with Crippen LogP contribution in [0.15, 0.2) is 120 Å². The topological polar surface area (TPSA) is 18.8 Å². The van der Waals surface area contributed by atoms with Gasteiger partial charge >= 0.3 is 0 Å². The second-order valence-corrected chi connectivity index (χ2v) is 21.2. The maximum absolute atomic E-state index is 6.05. The van der Waals surface area contributed by atoms with E-state index in [0.29, 0.717) is 60.4 Å². The van der Waals surface area contributed by atoms with Gasteiger partial charge in [0.25, 0.3) is 0 Å². The first-order valence-corrected chi connectivity index (χ1v) is 24.0. The summed E-state index contributed by atoms with van der Waals surface area (Å²) in [5, 5.41) is 0. The van der Waals surface area contributed by atoms with E-state index in [1.165, 1.54) is 98.8 Å². The summed E-state index contributed by atoms with van der Waals surface area (Å²) in [6, 6.07) is 49.7. The van der Waals surface area contributed by atoms with E-state index in [1.54, 1.807) is 38.8 Å². The smallest absolute Gasteiger partial charge is 0.198 e. The summed E-state index contributed by atoms with van der Waals surface area (Å²) in [6.07, 6.45) is 14.9. The van der Waals surface area contributed by atoms with Crippen LogP contribution in [-0.2, 0) is 10.8 Å². The molecule has 0 radical (unpaired) electrons. The van der Waals surface area contributed by atoms with Gasteiger partial charge in [-0.2, -0.15) is 0 Å². The van der Waals surface area contributed by atoms with Gasteiger partial charge in [-0.05, 0) is 130 Å². The van der Waals surface area contributed by atoms with E-state index in [4.69, 9.17) is 4.99 Å². The number of aliphatic imine (C=N–C) groups is 1. The lowest BCUT2D eigenvalue weighted by atomic mass is 9.13. The molecule has 5 aliphatic heterocycles. The summed E-state index contributed by atoms with van der Waals surface area (Å²) in [4.78, 5) is 12.4. The minimum Gasteiger partial charge on any atom is -0.337 e. The van der Waals surface area contributed by atoms with Gasteiger partial charge in [0.1, 0.15) is 0 Å². The molecule has 5 aromatic rings. The fraction of sp³-hybridized carbons (Fsp3) is 0.436. The molecule has 290 valence electrons. The molecule has 0 aromatic heterocycles. The van der Waals surface area contributed by atoms with Gasteiger partial charge < -0.3 is 9.80 Å². The van der Waals surface area contributed by atoms with Crippen molar-refractivity contribution in [1.82, 2.24) is 9.80 Å². The van der Waals surface area contributed by atoms with Crippen LogP contribution in [-0.4, -0.2) is 52.7 Å². The van der Waals surface area contributed by atoms with Crippen LogP contribution in [0.25, 0.3) is 22.3 Å². The molecule has 5 heterocycles. The molecule has 0 bridgehead atoms. The average Bonchev–Trinajstić information content (AvgIpc) is 3.93. The van der Waals surface area contributed by atoms with Gasteiger partial charge in [-0.3, -0.25) is 0 Å². The first-order valence-electron chi connectivity index (χ1n) is 24.0. The maximum atomic E-state index is 6.05. The van der Waals surface area contributed by atoms with Crippen molar-refractivity contribution in [1.29, 1.82) is 0 Å². The summed E-state index contributed by atoms with van der Waals surface area (Å²) in [5.74, 6) is 5.31. The van der Waals surface area contributed by atoms with E-state index in [0.717, 1.165) is 11.8 Å². The van der Waals surface area contributed by atoms with Crippen LogP contribution < -0.4 is 5.46 Å². The van der Waals surface area contributed by atoms with Crippen molar-refractivity contribution < 1.29 is 0 Å². The number of hydrogen-bond donors (Lipinski definition) is 0. The van der Waals surface area contributed by atoms with Crippen LogP contribution in [0.3, 0.4) is 0 Å². The van der Waals surface area contributed by atoms with E-state index in [9.17, 15) is 0 Å². The SMILES string of the molecule is c1ccc2c(c1)-c1ccccc1C21c2cccc3c2B2C4C(CCCC41)N1C4=NC5CCCCC5N4C4CCCC5CC(C2C1C54)C31c2ccccc2-c2ccccc21. The van der Waals surface area contributed by atoms with E-state index < -0.39 is 0 Å². The Morgan fingerprint density at radius 3 is 1.68 bits per heavy atom. The minimum absolute atomic E-state index is 0.164. The largest absolute Gasteiger partial charge is 0.337 e. The van der Waals surface area contributed by atoms with Crippen LogP contribution in [0, 0.1) is 23.7 Å². The Morgan fingerprint density at radius 2 is 1.02 bits per heavy atom. The number of fused-ring (bicyclic) bond motifs is 20. The molecular formula is C55H52BN3. The Hall–Kier alpha value is -4.57. The van der Waals surface area contributed by atoms with Gasteiger partial charge in [-0.25, -0.2) is 4.99 Å². The molecule has 11 unspecified atom stereocenters. The molecule has 16 rings (SSSR count). The second-order valence-electron chi connectivity index (χ2n) is 21.2. The lowest BCUT2D eigenvalue weighted by Gasteiger charge is -2.74. The van der Waals surface area contributed by atoms with Gasteiger partial charge in [-0.1, -0.05) is 146 Å². The maximum Gasteiger partial charge on any atom is 0.198 e. The van der Waals surface area contributed by atoms with E-state index in [2.05, 4.69) is 125 Å². The molecule has 6 aliphatic carbocycles. The summed E-state index contributed by atoms with van der Waals surface area (Å²) < 4.78 is 0. The zero-order valence-corrected chi connectivity index (χ0v) is 34.0. The Morgan fingerprint density at radius 1 is 0.475 bits per heavy atom. The average molecular weight is 766 g/mol. The van der Waals surface area contributed by atoms with Gasteiger partial charge in [0.2, 0.25) is 0 Å². The highest BCUT2D eigenvalue weighted by molar-refractivity contribution is 6.78. The Kier molecular flexibility index (Phi) is 5.92. The first kappa shape index (κ1) is 32.2. The van der Waals surface area contributed by atoms with Gasteiger partial charge in [0.05, 0.1) is 12.1 Å². The minimum atomic E-state index is -0.168. The quantitative estimate of drug-likeness (QED) is 0.146. The Labute approximate surface area is 349 Å². The number of hydrogen-bond acceptors (Lipinski definition) is 3. The normalized spacial score (nSPS) is 36.5. The Balaban J connectivity index is 1.07. The highest BCUT2D eigenvalue weighted by Gasteiger charge is 2.76. The highest BCUT2D eigenvalue weighted by Crippen LogP contribution is 2.75. The molecule has 3 nitrogen and oxygen atoms in total. The lowest BCUT2D eigenvalue weighted by molar-refractivity contribution is -0.0808. The molecular weight excluding hydrogens is 713 g/mol. The number of guanidine groups is 1. The fourth-order valence-corrected chi connectivity index (χ4v) is 18.8. The number of benzene rings is 5. The zero-order valence-electron chi connectivity index (χ0n) is 34.0. The number of nitrogens with zero attached hydrogens (tertiary/aromatic N) is 3. The van der Waals surface area contributed by atoms with Crippen LogP contribution in [0.4, 0.5) is 0 Å². The van der Waals surface area contributed by atoms with Crippen molar-refractivity contribution in [2.75, 3.05) is 0 Å². The van der Waals surface area contributed by atoms with Crippen molar-refractivity contribution in [2.45, 2.75) is 123 Å². The van der Waals surface area contributed by atoms with Crippen LogP contribution in [0.2, 0.25) is 11.6 Å². The van der Waals surface area contributed by atoms with Crippen LogP contribution in [0.1, 0.15) is 104 Å². The molecule has 59 heavy (non-hydrogen) atoms. The predicted molar refractivity (Wildman–Crippen MR) is 238 cm³/mol.